The van der Waals surface area contributed by atoms with Crippen LogP contribution in [0.25, 0.3) is 0 Å². The molecule has 1 aromatic carbocycles. The van der Waals surface area contributed by atoms with Gasteiger partial charge in [0.2, 0.25) is 6.79 Å². The van der Waals surface area contributed by atoms with Crippen molar-refractivity contribution in [3.05, 3.63) is 17.7 Å². The molecule has 0 bridgehead atoms. The van der Waals surface area contributed by atoms with Crippen molar-refractivity contribution < 1.29 is 14.2 Å². The van der Waals surface area contributed by atoms with Gasteiger partial charge in [-0.2, -0.15) is 0 Å². The van der Waals surface area contributed by atoms with Gasteiger partial charge in [-0.05, 0) is 31.7 Å². The Morgan fingerprint density at radius 1 is 1.20 bits per heavy atom. The van der Waals surface area contributed by atoms with E-state index in [0.29, 0.717) is 12.8 Å². The highest BCUT2D eigenvalue weighted by molar-refractivity contribution is 5.52. The molecule has 0 spiro atoms. The van der Waals surface area contributed by atoms with Gasteiger partial charge in [-0.25, -0.2) is 0 Å². The monoisotopic (exact) mass is 277 g/mol. The number of fused-ring (bicyclic) bond motifs is 1. The van der Waals surface area contributed by atoms with Gasteiger partial charge < -0.3 is 19.5 Å². The second-order valence-electron chi connectivity index (χ2n) is 5.52. The first kappa shape index (κ1) is 13.6. The maximum Gasteiger partial charge on any atom is 0.231 e. The van der Waals surface area contributed by atoms with Gasteiger partial charge in [-0.3, -0.25) is 0 Å². The third-order valence-corrected chi connectivity index (χ3v) is 3.92. The number of rotatable bonds is 7. The first-order chi connectivity index (χ1) is 9.80. The van der Waals surface area contributed by atoms with E-state index < -0.39 is 0 Å². The van der Waals surface area contributed by atoms with E-state index in [1.165, 1.54) is 12.8 Å². The summed E-state index contributed by atoms with van der Waals surface area (Å²) in [6.07, 6.45) is 4.86. The van der Waals surface area contributed by atoms with Crippen molar-refractivity contribution in [1.82, 2.24) is 5.32 Å². The highest BCUT2D eigenvalue weighted by Gasteiger charge is 2.23. The van der Waals surface area contributed by atoms with Crippen molar-refractivity contribution in [2.24, 2.45) is 0 Å². The summed E-state index contributed by atoms with van der Waals surface area (Å²) >= 11 is 0. The molecule has 0 radical (unpaired) electrons. The van der Waals surface area contributed by atoms with Crippen molar-refractivity contribution in [1.29, 1.82) is 0 Å². The van der Waals surface area contributed by atoms with Crippen LogP contribution in [0.15, 0.2) is 12.1 Å². The maximum absolute atomic E-state index is 6.15. The number of ether oxygens (including phenoxy) is 3. The van der Waals surface area contributed by atoms with Gasteiger partial charge in [0.25, 0.3) is 0 Å². The molecular weight excluding hydrogens is 254 g/mol. The van der Waals surface area contributed by atoms with Gasteiger partial charge in [-0.15, -0.1) is 0 Å². The fourth-order valence-electron chi connectivity index (χ4n) is 2.39. The van der Waals surface area contributed by atoms with Crippen LogP contribution in [0.3, 0.4) is 0 Å². The number of hydrogen-bond acceptors (Lipinski definition) is 4. The zero-order chi connectivity index (χ0) is 13.9. The van der Waals surface area contributed by atoms with Crippen LogP contribution in [-0.2, 0) is 6.54 Å². The minimum Gasteiger partial charge on any atom is -0.490 e. The Morgan fingerprint density at radius 2 is 1.90 bits per heavy atom. The van der Waals surface area contributed by atoms with E-state index >= 15 is 0 Å². The maximum atomic E-state index is 6.15. The SMILES string of the molecule is CCC(CC)Oc1cc2c(cc1CNC1CC1)OCO2. The lowest BCUT2D eigenvalue weighted by Crippen LogP contribution is -2.19. The number of nitrogens with one attached hydrogen (secondary N) is 1. The summed E-state index contributed by atoms with van der Waals surface area (Å²) in [6, 6.07) is 4.71. The van der Waals surface area contributed by atoms with Crippen LogP contribution in [0.1, 0.15) is 45.1 Å². The summed E-state index contributed by atoms with van der Waals surface area (Å²) in [7, 11) is 0. The summed E-state index contributed by atoms with van der Waals surface area (Å²) < 4.78 is 17.1. The molecule has 3 rings (SSSR count). The topological polar surface area (TPSA) is 39.7 Å². The van der Waals surface area contributed by atoms with Crippen molar-refractivity contribution >= 4 is 0 Å². The van der Waals surface area contributed by atoms with Gasteiger partial charge in [0.05, 0.1) is 6.10 Å². The van der Waals surface area contributed by atoms with Gasteiger partial charge in [0, 0.05) is 24.2 Å². The van der Waals surface area contributed by atoms with Crippen LogP contribution in [-0.4, -0.2) is 18.9 Å². The molecule has 1 aliphatic heterocycles. The first-order valence-electron chi connectivity index (χ1n) is 7.62. The van der Waals surface area contributed by atoms with E-state index in [4.69, 9.17) is 14.2 Å². The molecule has 110 valence electrons. The summed E-state index contributed by atoms with van der Waals surface area (Å²) in [5, 5.41) is 3.54. The second-order valence-corrected chi connectivity index (χ2v) is 5.52. The third-order valence-electron chi connectivity index (χ3n) is 3.92. The number of hydrogen-bond donors (Lipinski definition) is 1. The van der Waals surface area contributed by atoms with Crippen LogP contribution in [0, 0.1) is 0 Å². The Morgan fingerprint density at radius 3 is 2.55 bits per heavy atom. The molecule has 1 N–H and O–H groups in total. The van der Waals surface area contributed by atoms with Crippen LogP contribution in [0.2, 0.25) is 0 Å². The molecule has 0 atom stereocenters. The summed E-state index contributed by atoms with van der Waals surface area (Å²) in [4.78, 5) is 0. The lowest BCUT2D eigenvalue weighted by atomic mass is 10.1. The molecule has 0 amide bonds. The molecule has 20 heavy (non-hydrogen) atoms. The normalized spacial score (nSPS) is 16.8. The molecule has 0 saturated heterocycles. The van der Waals surface area contributed by atoms with Crippen LogP contribution >= 0.6 is 0 Å². The van der Waals surface area contributed by atoms with Gasteiger partial charge in [0.1, 0.15) is 5.75 Å². The lowest BCUT2D eigenvalue weighted by molar-refractivity contribution is 0.173. The highest BCUT2D eigenvalue weighted by Crippen LogP contribution is 2.39. The van der Waals surface area contributed by atoms with E-state index in [0.717, 1.165) is 42.2 Å². The highest BCUT2D eigenvalue weighted by atomic mass is 16.7. The lowest BCUT2D eigenvalue weighted by Gasteiger charge is -2.19. The van der Waals surface area contributed by atoms with E-state index in [-0.39, 0.29) is 6.10 Å². The standard InChI is InChI=1S/C16H23NO3/c1-3-13(4-2)20-14-8-16-15(18-10-19-16)7-11(14)9-17-12-5-6-12/h7-8,12-13,17H,3-6,9-10H2,1-2H3. The zero-order valence-corrected chi connectivity index (χ0v) is 12.3. The molecule has 1 aromatic rings. The fraction of sp³-hybridized carbons (Fsp3) is 0.625. The molecule has 4 heteroatoms. The van der Waals surface area contributed by atoms with Crippen molar-refractivity contribution in [2.45, 2.75) is 58.2 Å². The Kier molecular flexibility index (Phi) is 4.01. The Hall–Kier alpha value is -1.42. The Balaban J connectivity index is 1.79. The largest absolute Gasteiger partial charge is 0.490 e. The van der Waals surface area contributed by atoms with E-state index in [9.17, 15) is 0 Å². The van der Waals surface area contributed by atoms with Gasteiger partial charge >= 0.3 is 0 Å². The van der Waals surface area contributed by atoms with Crippen LogP contribution < -0.4 is 19.5 Å². The molecule has 1 fully saturated rings. The van der Waals surface area contributed by atoms with E-state index in [1.807, 2.05) is 6.07 Å². The van der Waals surface area contributed by atoms with Gasteiger partial charge in [0.15, 0.2) is 11.5 Å². The predicted octanol–water partition coefficient (Wildman–Crippen LogP) is 3.23. The quantitative estimate of drug-likeness (QED) is 0.830. The smallest absolute Gasteiger partial charge is 0.231 e. The first-order valence-corrected chi connectivity index (χ1v) is 7.62. The third kappa shape index (κ3) is 3.01. The minimum atomic E-state index is 0.259. The van der Waals surface area contributed by atoms with Gasteiger partial charge in [-0.1, -0.05) is 13.8 Å². The van der Waals surface area contributed by atoms with Crippen molar-refractivity contribution in [3.8, 4) is 17.2 Å². The fourth-order valence-corrected chi connectivity index (χ4v) is 2.39. The minimum absolute atomic E-state index is 0.259. The Bertz CT molecular complexity index is 467. The predicted molar refractivity (Wildman–Crippen MR) is 77.4 cm³/mol. The number of benzene rings is 1. The molecule has 1 aliphatic carbocycles. The molecule has 4 nitrogen and oxygen atoms in total. The molecule has 0 unspecified atom stereocenters. The molecule has 1 saturated carbocycles. The average Bonchev–Trinajstić information content (AvgIpc) is 3.19. The van der Waals surface area contributed by atoms with E-state index in [2.05, 4.69) is 25.2 Å². The summed E-state index contributed by atoms with van der Waals surface area (Å²) in [6.45, 7) is 5.45. The van der Waals surface area contributed by atoms with E-state index in [1.54, 1.807) is 0 Å². The van der Waals surface area contributed by atoms with Crippen LogP contribution in [0.5, 0.6) is 17.2 Å². The zero-order valence-electron chi connectivity index (χ0n) is 12.3. The average molecular weight is 277 g/mol. The molecule has 0 aromatic heterocycles. The molecule has 1 heterocycles. The second kappa shape index (κ2) is 5.92. The Labute approximate surface area is 120 Å². The molecular formula is C16H23NO3. The van der Waals surface area contributed by atoms with Crippen molar-refractivity contribution in [3.63, 3.8) is 0 Å². The summed E-state index contributed by atoms with van der Waals surface area (Å²) in [5.41, 5.74) is 1.16. The van der Waals surface area contributed by atoms with Crippen LogP contribution in [0.4, 0.5) is 0 Å². The van der Waals surface area contributed by atoms with Crippen molar-refractivity contribution in [2.75, 3.05) is 6.79 Å². The molecule has 2 aliphatic rings. The summed E-state index contributed by atoms with van der Waals surface area (Å²) in [5.74, 6) is 2.55.